The van der Waals surface area contributed by atoms with Gasteiger partial charge in [0.25, 0.3) is 0 Å². The number of benzene rings is 2. The molecular weight excluding hydrogens is 453 g/mol. The number of nitrogens with one attached hydrogen (secondary N) is 2. The highest BCUT2D eigenvalue weighted by molar-refractivity contribution is 7.80. The monoisotopic (exact) mass is 473 g/mol. The Labute approximate surface area is 186 Å². The Kier molecular flexibility index (Phi) is 7.46. The fraction of sp³-hybridized carbons (Fsp3) is 0.300. The average molecular weight is 473 g/mol. The van der Waals surface area contributed by atoms with Gasteiger partial charge in [-0.1, -0.05) is 18.2 Å². The van der Waals surface area contributed by atoms with Crippen LogP contribution in [0, 0.1) is 11.6 Å². The molecule has 4 N–H and O–H groups in total. The van der Waals surface area contributed by atoms with Crippen LogP contribution in [0.3, 0.4) is 0 Å². The third kappa shape index (κ3) is 6.50. The fourth-order valence-electron chi connectivity index (χ4n) is 3.33. The largest absolute Gasteiger partial charge is 0.573 e. The molecule has 1 aliphatic heterocycles. The van der Waals surface area contributed by atoms with Gasteiger partial charge in [0.1, 0.15) is 17.4 Å². The van der Waals surface area contributed by atoms with Gasteiger partial charge in [0.15, 0.2) is 5.11 Å². The molecule has 1 heterocycles. The Morgan fingerprint density at radius 3 is 2.72 bits per heavy atom. The molecule has 0 aromatic heterocycles. The summed E-state index contributed by atoms with van der Waals surface area (Å²) in [4.78, 5) is 1.67. The molecular formula is C20H20F5N5OS. The van der Waals surface area contributed by atoms with Crippen molar-refractivity contribution in [2.45, 2.75) is 25.4 Å². The SMILES string of the molecule is NC(=S)N/N=C/c1cc(F)c(N2CC[C@H](NCc3ccccc3OC(F)(F)F)C2)cc1F. The highest BCUT2D eigenvalue weighted by Crippen LogP contribution is 2.28. The van der Waals surface area contributed by atoms with Gasteiger partial charge in [-0.2, -0.15) is 5.10 Å². The van der Waals surface area contributed by atoms with E-state index in [2.05, 4.69) is 32.8 Å². The molecule has 0 aliphatic carbocycles. The van der Waals surface area contributed by atoms with E-state index in [-0.39, 0.29) is 34.7 Å². The lowest BCUT2D eigenvalue weighted by molar-refractivity contribution is -0.274. The minimum absolute atomic E-state index is 0.0786. The first-order chi connectivity index (χ1) is 15.1. The predicted molar refractivity (Wildman–Crippen MR) is 114 cm³/mol. The van der Waals surface area contributed by atoms with E-state index in [0.29, 0.717) is 25.1 Å². The summed E-state index contributed by atoms with van der Waals surface area (Å²) < 4.78 is 70.7. The number of halogens is 5. The summed E-state index contributed by atoms with van der Waals surface area (Å²) in [5, 5.41) is 6.65. The Balaban J connectivity index is 1.62. The molecule has 3 rings (SSSR count). The lowest BCUT2D eigenvalue weighted by Crippen LogP contribution is -2.32. The van der Waals surface area contributed by atoms with Crippen LogP contribution in [-0.2, 0) is 6.54 Å². The van der Waals surface area contributed by atoms with Crippen LogP contribution >= 0.6 is 12.2 Å². The first kappa shape index (κ1) is 23.7. The van der Waals surface area contributed by atoms with Crippen LogP contribution in [0.2, 0.25) is 0 Å². The van der Waals surface area contributed by atoms with Crippen molar-refractivity contribution in [3.05, 3.63) is 59.2 Å². The molecule has 12 heteroatoms. The molecule has 0 radical (unpaired) electrons. The normalized spacial score (nSPS) is 16.5. The molecule has 1 atom stereocenters. The summed E-state index contributed by atoms with van der Waals surface area (Å²) in [5.41, 5.74) is 7.82. The molecule has 1 fully saturated rings. The molecule has 1 aliphatic rings. The molecule has 6 nitrogen and oxygen atoms in total. The van der Waals surface area contributed by atoms with Gasteiger partial charge in [0.05, 0.1) is 11.9 Å². The lowest BCUT2D eigenvalue weighted by atomic mass is 10.1. The van der Waals surface area contributed by atoms with Crippen molar-refractivity contribution in [2.24, 2.45) is 10.8 Å². The van der Waals surface area contributed by atoms with Crippen molar-refractivity contribution in [1.29, 1.82) is 0 Å². The topological polar surface area (TPSA) is 74.9 Å². The first-order valence-corrected chi connectivity index (χ1v) is 9.93. The molecule has 0 saturated carbocycles. The van der Waals surface area contributed by atoms with Gasteiger partial charge in [0.2, 0.25) is 0 Å². The Hall–Kier alpha value is -2.99. The highest BCUT2D eigenvalue weighted by atomic mass is 32.1. The zero-order valence-corrected chi connectivity index (χ0v) is 17.4. The number of thiocarbonyl (C=S) groups is 1. The first-order valence-electron chi connectivity index (χ1n) is 9.52. The van der Waals surface area contributed by atoms with Gasteiger partial charge in [-0.05, 0) is 30.8 Å². The van der Waals surface area contributed by atoms with Gasteiger partial charge < -0.3 is 20.7 Å². The summed E-state index contributed by atoms with van der Waals surface area (Å²) in [6.45, 7) is 0.938. The molecule has 0 spiro atoms. The van der Waals surface area contributed by atoms with Crippen molar-refractivity contribution in [3.63, 3.8) is 0 Å². The van der Waals surface area contributed by atoms with Crippen molar-refractivity contribution >= 4 is 29.2 Å². The van der Waals surface area contributed by atoms with E-state index < -0.39 is 18.0 Å². The van der Waals surface area contributed by atoms with Gasteiger partial charge in [-0.3, -0.25) is 5.43 Å². The minimum atomic E-state index is -4.79. The van der Waals surface area contributed by atoms with Crippen LogP contribution < -0.4 is 26.1 Å². The van der Waals surface area contributed by atoms with Crippen molar-refractivity contribution in [3.8, 4) is 5.75 Å². The number of rotatable bonds is 7. The minimum Gasteiger partial charge on any atom is -0.405 e. The molecule has 0 bridgehead atoms. The van der Waals surface area contributed by atoms with E-state index in [1.807, 2.05) is 0 Å². The second-order valence-corrected chi connectivity index (χ2v) is 7.47. The summed E-state index contributed by atoms with van der Waals surface area (Å²) in [7, 11) is 0. The second-order valence-electron chi connectivity index (χ2n) is 7.03. The van der Waals surface area contributed by atoms with Crippen LogP contribution in [0.4, 0.5) is 27.6 Å². The predicted octanol–water partition coefficient (Wildman–Crippen LogP) is 3.40. The van der Waals surface area contributed by atoms with Crippen LogP contribution in [0.1, 0.15) is 17.5 Å². The zero-order chi connectivity index (χ0) is 23.3. The van der Waals surface area contributed by atoms with E-state index in [0.717, 1.165) is 18.3 Å². The van der Waals surface area contributed by atoms with E-state index in [1.54, 1.807) is 11.0 Å². The summed E-state index contributed by atoms with van der Waals surface area (Å²) in [6, 6.07) is 7.79. The molecule has 0 unspecified atom stereocenters. The van der Waals surface area contributed by atoms with Crippen LogP contribution in [-0.4, -0.2) is 36.8 Å². The third-order valence-corrected chi connectivity index (χ3v) is 4.84. The van der Waals surface area contributed by atoms with Crippen molar-refractivity contribution in [2.75, 3.05) is 18.0 Å². The van der Waals surface area contributed by atoms with E-state index >= 15 is 0 Å². The summed E-state index contributed by atoms with van der Waals surface area (Å²) >= 11 is 4.57. The van der Waals surface area contributed by atoms with Gasteiger partial charge in [-0.15, -0.1) is 13.2 Å². The van der Waals surface area contributed by atoms with Crippen LogP contribution in [0.15, 0.2) is 41.5 Å². The number of nitrogens with two attached hydrogens (primary N) is 1. The number of anilines is 1. The Morgan fingerprint density at radius 2 is 2.00 bits per heavy atom. The molecule has 1 saturated heterocycles. The van der Waals surface area contributed by atoms with Crippen molar-refractivity contribution in [1.82, 2.24) is 10.7 Å². The van der Waals surface area contributed by atoms with Gasteiger partial charge >= 0.3 is 6.36 Å². The van der Waals surface area contributed by atoms with Crippen LogP contribution in [0.5, 0.6) is 5.75 Å². The van der Waals surface area contributed by atoms with E-state index in [1.165, 1.54) is 18.2 Å². The summed E-state index contributed by atoms with van der Waals surface area (Å²) in [6.07, 6.45) is -3.12. The highest BCUT2D eigenvalue weighted by Gasteiger charge is 2.32. The van der Waals surface area contributed by atoms with Gasteiger partial charge in [-0.25, -0.2) is 8.78 Å². The molecule has 172 valence electrons. The summed E-state index contributed by atoms with van der Waals surface area (Å²) in [5.74, 6) is -1.59. The quantitative estimate of drug-likeness (QED) is 0.248. The number of nitrogens with zero attached hydrogens (tertiary/aromatic N) is 2. The van der Waals surface area contributed by atoms with E-state index in [4.69, 9.17) is 5.73 Å². The maximum Gasteiger partial charge on any atom is 0.573 e. The molecule has 2 aromatic rings. The number of para-hydroxylation sites is 1. The number of hydrogen-bond donors (Lipinski definition) is 3. The Morgan fingerprint density at radius 1 is 1.25 bits per heavy atom. The number of hydrazone groups is 1. The zero-order valence-electron chi connectivity index (χ0n) is 16.6. The standard InChI is InChI=1S/C20H20F5N5OS/c21-15-8-17(16(22)7-13(15)10-28-29-19(26)32)30-6-5-14(11-30)27-9-12-3-1-2-4-18(12)31-20(23,24)25/h1-4,7-8,10,14,27H,5-6,9,11H2,(H3,26,29,32)/b28-10+/t14-/m0/s1. The number of alkyl halides is 3. The van der Waals surface area contributed by atoms with Crippen LogP contribution in [0.25, 0.3) is 0 Å². The fourth-order valence-corrected chi connectivity index (χ4v) is 3.39. The maximum absolute atomic E-state index is 14.6. The smallest absolute Gasteiger partial charge is 0.405 e. The Bertz CT molecular complexity index is 1000. The maximum atomic E-state index is 14.6. The van der Waals surface area contributed by atoms with Gasteiger partial charge in [0, 0.05) is 42.9 Å². The number of hydrogen-bond acceptors (Lipinski definition) is 5. The second kappa shape index (κ2) is 10.1. The van der Waals surface area contributed by atoms with E-state index in [9.17, 15) is 22.0 Å². The molecule has 32 heavy (non-hydrogen) atoms. The average Bonchev–Trinajstić information content (AvgIpc) is 3.17. The lowest BCUT2D eigenvalue weighted by Gasteiger charge is -2.21. The molecule has 2 aromatic carbocycles. The third-order valence-electron chi connectivity index (χ3n) is 4.75. The van der Waals surface area contributed by atoms with Crippen molar-refractivity contribution < 1.29 is 26.7 Å². The number of ether oxygens (including phenoxy) is 1. The molecule has 0 amide bonds.